The van der Waals surface area contributed by atoms with Crippen molar-refractivity contribution in [2.45, 2.75) is 13.8 Å². The summed E-state index contributed by atoms with van der Waals surface area (Å²) < 4.78 is 15.2. The first-order chi connectivity index (χ1) is 14.4. The maximum Gasteiger partial charge on any atom is 0.338 e. The van der Waals surface area contributed by atoms with Gasteiger partial charge in [-0.05, 0) is 44.2 Å². The van der Waals surface area contributed by atoms with E-state index in [1.54, 1.807) is 44.2 Å². The summed E-state index contributed by atoms with van der Waals surface area (Å²) in [6, 6.07) is 11.8. The molecule has 0 unspecified atom stereocenters. The van der Waals surface area contributed by atoms with Crippen LogP contribution in [0.1, 0.15) is 34.6 Å². The van der Waals surface area contributed by atoms with E-state index in [4.69, 9.17) is 14.2 Å². The predicted molar refractivity (Wildman–Crippen MR) is 107 cm³/mol. The lowest BCUT2D eigenvalue weighted by atomic mass is 10.1. The highest BCUT2D eigenvalue weighted by Crippen LogP contribution is 2.19. The van der Waals surface area contributed by atoms with E-state index in [1.165, 1.54) is 18.2 Å². The SMILES string of the molecule is CCOC(=O)c1cc(OCC(=O)NC(=O)Nc2ccccc2)cc(C(=O)OCC)c1. The quantitative estimate of drug-likeness (QED) is 0.637. The van der Waals surface area contributed by atoms with Crippen LogP contribution >= 0.6 is 0 Å². The molecule has 9 nitrogen and oxygen atoms in total. The summed E-state index contributed by atoms with van der Waals surface area (Å²) in [6.07, 6.45) is 0. The number of anilines is 1. The lowest BCUT2D eigenvalue weighted by Gasteiger charge is -2.11. The van der Waals surface area contributed by atoms with Crippen LogP contribution in [0.2, 0.25) is 0 Å². The zero-order chi connectivity index (χ0) is 21.9. The molecule has 0 aromatic heterocycles. The molecule has 0 atom stereocenters. The highest BCUT2D eigenvalue weighted by molar-refractivity contribution is 6.01. The second-order valence-corrected chi connectivity index (χ2v) is 5.84. The lowest BCUT2D eigenvalue weighted by Crippen LogP contribution is -2.37. The average Bonchev–Trinajstić information content (AvgIpc) is 2.73. The molecular formula is C21H22N2O7. The van der Waals surface area contributed by atoms with Crippen LogP contribution in [0, 0.1) is 0 Å². The van der Waals surface area contributed by atoms with Crippen molar-refractivity contribution < 1.29 is 33.4 Å². The summed E-state index contributed by atoms with van der Waals surface area (Å²) in [4.78, 5) is 47.9. The number of rotatable bonds is 8. The van der Waals surface area contributed by atoms with Gasteiger partial charge in [-0.15, -0.1) is 0 Å². The zero-order valence-corrected chi connectivity index (χ0v) is 16.6. The second-order valence-electron chi connectivity index (χ2n) is 5.84. The van der Waals surface area contributed by atoms with E-state index in [0.717, 1.165) is 0 Å². The molecule has 2 N–H and O–H groups in total. The molecule has 0 heterocycles. The molecule has 30 heavy (non-hydrogen) atoms. The van der Waals surface area contributed by atoms with Crippen molar-refractivity contribution in [3.8, 4) is 5.75 Å². The number of imide groups is 1. The molecule has 2 aromatic carbocycles. The van der Waals surface area contributed by atoms with Crippen molar-refractivity contribution in [2.24, 2.45) is 0 Å². The molecule has 0 aliphatic rings. The molecule has 0 fully saturated rings. The maximum absolute atomic E-state index is 12.0. The number of amides is 3. The number of para-hydroxylation sites is 1. The van der Waals surface area contributed by atoms with Crippen molar-refractivity contribution in [1.29, 1.82) is 0 Å². The smallest absolute Gasteiger partial charge is 0.338 e. The van der Waals surface area contributed by atoms with Gasteiger partial charge in [0.2, 0.25) is 0 Å². The van der Waals surface area contributed by atoms with E-state index in [1.807, 2.05) is 0 Å². The Bertz CT molecular complexity index is 877. The third kappa shape index (κ3) is 6.93. The minimum Gasteiger partial charge on any atom is -0.484 e. The Morgan fingerprint density at radius 2 is 1.40 bits per heavy atom. The number of nitrogens with one attached hydrogen (secondary N) is 2. The monoisotopic (exact) mass is 414 g/mol. The minimum absolute atomic E-state index is 0.0691. The number of ether oxygens (including phenoxy) is 3. The van der Waals surface area contributed by atoms with Gasteiger partial charge in [0.05, 0.1) is 24.3 Å². The van der Waals surface area contributed by atoms with Crippen LogP contribution < -0.4 is 15.4 Å². The predicted octanol–water partition coefficient (Wildman–Crippen LogP) is 2.77. The van der Waals surface area contributed by atoms with E-state index < -0.39 is 30.5 Å². The van der Waals surface area contributed by atoms with Crippen LogP contribution in [-0.2, 0) is 14.3 Å². The highest BCUT2D eigenvalue weighted by atomic mass is 16.5. The normalized spacial score (nSPS) is 9.93. The van der Waals surface area contributed by atoms with Gasteiger partial charge in [-0.3, -0.25) is 10.1 Å². The molecular weight excluding hydrogens is 392 g/mol. The molecule has 0 radical (unpaired) electrons. The molecule has 2 rings (SSSR count). The van der Waals surface area contributed by atoms with Crippen molar-refractivity contribution in [3.05, 3.63) is 59.7 Å². The Hall–Kier alpha value is -3.88. The van der Waals surface area contributed by atoms with E-state index in [2.05, 4.69) is 10.6 Å². The Balaban J connectivity index is 2.03. The molecule has 0 spiro atoms. The number of hydrogen-bond acceptors (Lipinski definition) is 7. The maximum atomic E-state index is 12.0. The van der Waals surface area contributed by atoms with Crippen LogP contribution in [0.3, 0.4) is 0 Å². The first kappa shape index (κ1) is 22.4. The summed E-state index contributed by atoms with van der Waals surface area (Å²) in [5, 5.41) is 4.62. The Morgan fingerprint density at radius 3 is 1.93 bits per heavy atom. The minimum atomic E-state index is -0.720. The summed E-state index contributed by atoms with van der Waals surface area (Å²) in [7, 11) is 0. The highest BCUT2D eigenvalue weighted by Gasteiger charge is 2.16. The van der Waals surface area contributed by atoms with Crippen molar-refractivity contribution in [1.82, 2.24) is 5.32 Å². The summed E-state index contributed by atoms with van der Waals surface area (Å²) in [5.74, 6) is -1.95. The standard InChI is InChI=1S/C21H22N2O7/c1-3-28-19(25)14-10-15(20(26)29-4-2)12-17(11-14)30-13-18(24)23-21(27)22-16-8-6-5-7-9-16/h5-12H,3-4,13H2,1-2H3,(H2,22,23,24,27). The van der Waals surface area contributed by atoms with Gasteiger partial charge in [0.25, 0.3) is 5.91 Å². The van der Waals surface area contributed by atoms with Gasteiger partial charge >= 0.3 is 18.0 Å². The lowest BCUT2D eigenvalue weighted by molar-refractivity contribution is -0.121. The second kappa shape index (κ2) is 11.2. The van der Waals surface area contributed by atoms with Gasteiger partial charge in [-0.2, -0.15) is 0 Å². The third-order valence-corrected chi connectivity index (χ3v) is 3.58. The number of hydrogen-bond donors (Lipinski definition) is 2. The molecule has 0 aliphatic heterocycles. The Kier molecular flexibility index (Phi) is 8.37. The van der Waals surface area contributed by atoms with Crippen LogP contribution in [-0.4, -0.2) is 43.7 Å². The van der Waals surface area contributed by atoms with E-state index in [-0.39, 0.29) is 30.1 Å². The van der Waals surface area contributed by atoms with E-state index in [9.17, 15) is 19.2 Å². The molecule has 0 saturated carbocycles. The van der Waals surface area contributed by atoms with Gasteiger partial charge < -0.3 is 19.5 Å². The van der Waals surface area contributed by atoms with Crippen LogP contribution in [0.15, 0.2) is 48.5 Å². The number of urea groups is 1. The molecule has 3 amide bonds. The van der Waals surface area contributed by atoms with Crippen LogP contribution in [0.4, 0.5) is 10.5 Å². The fraction of sp³-hybridized carbons (Fsp3) is 0.238. The Labute approximate surface area is 173 Å². The number of carbonyl (C=O) groups is 4. The van der Waals surface area contributed by atoms with Gasteiger partial charge in [0, 0.05) is 5.69 Å². The summed E-state index contributed by atoms with van der Waals surface area (Å²) in [5.41, 5.74) is 0.657. The van der Waals surface area contributed by atoms with Crippen molar-refractivity contribution in [3.63, 3.8) is 0 Å². The fourth-order valence-electron chi connectivity index (χ4n) is 2.34. The van der Waals surface area contributed by atoms with E-state index in [0.29, 0.717) is 5.69 Å². The van der Waals surface area contributed by atoms with Crippen LogP contribution in [0.25, 0.3) is 0 Å². The molecule has 158 valence electrons. The molecule has 0 aliphatic carbocycles. The zero-order valence-electron chi connectivity index (χ0n) is 16.6. The number of carbonyl (C=O) groups excluding carboxylic acids is 4. The van der Waals surface area contributed by atoms with Crippen LogP contribution in [0.5, 0.6) is 5.75 Å². The molecule has 9 heteroatoms. The summed E-state index contributed by atoms with van der Waals surface area (Å²) in [6.45, 7) is 3.08. The van der Waals surface area contributed by atoms with E-state index >= 15 is 0 Å². The van der Waals surface area contributed by atoms with Gasteiger partial charge in [0.15, 0.2) is 6.61 Å². The molecule has 2 aromatic rings. The number of benzene rings is 2. The Morgan fingerprint density at radius 1 is 0.833 bits per heavy atom. The number of esters is 2. The fourth-order valence-corrected chi connectivity index (χ4v) is 2.34. The topological polar surface area (TPSA) is 120 Å². The molecule has 0 saturated heterocycles. The van der Waals surface area contributed by atoms with Gasteiger partial charge in [-0.25, -0.2) is 14.4 Å². The van der Waals surface area contributed by atoms with Crippen molar-refractivity contribution in [2.75, 3.05) is 25.1 Å². The largest absolute Gasteiger partial charge is 0.484 e. The third-order valence-electron chi connectivity index (χ3n) is 3.58. The molecule has 0 bridgehead atoms. The average molecular weight is 414 g/mol. The summed E-state index contributed by atoms with van der Waals surface area (Å²) >= 11 is 0. The first-order valence-corrected chi connectivity index (χ1v) is 9.21. The van der Waals surface area contributed by atoms with Gasteiger partial charge in [-0.1, -0.05) is 18.2 Å². The van der Waals surface area contributed by atoms with Crippen molar-refractivity contribution >= 4 is 29.6 Å². The first-order valence-electron chi connectivity index (χ1n) is 9.21. The van der Waals surface area contributed by atoms with Gasteiger partial charge in [0.1, 0.15) is 5.75 Å².